The number of hydrogen-bond donors (Lipinski definition) is 1. The average Bonchev–Trinajstić information content (AvgIpc) is 2.84. The van der Waals surface area contributed by atoms with Gasteiger partial charge in [-0.15, -0.1) is 11.8 Å². The van der Waals surface area contributed by atoms with Crippen LogP contribution in [0.1, 0.15) is 23.6 Å². The number of ether oxygens (including phenoxy) is 2. The van der Waals surface area contributed by atoms with Crippen LogP contribution in [0.25, 0.3) is 0 Å². The number of thioether (sulfide) groups is 1. The largest absolute Gasteiger partial charge is 0.490 e. The fraction of sp³-hybridized carbons (Fsp3) is 0.200. The molecule has 0 heterocycles. The minimum absolute atomic E-state index is 0.0371. The molecule has 0 aliphatic heterocycles. The zero-order valence-corrected chi connectivity index (χ0v) is 19.5. The minimum Gasteiger partial charge on any atom is -0.490 e. The molecule has 0 fully saturated rings. The maximum atomic E-state index is 12.0. The Morgan fingerprint density at radius 3 is 2.59 bits per heavy atom. The highest BCUT2D eigenvalue weighted by atomic mass is 32.2. The molecule has 34 heavy (non-hydrogen) atoms. The van der Waals surface area contributed by atoms with Gasteiger partial charge < -0.3 is 9.47 Å². The topological polar surface area (TPSA) is 103 Å². The van der Waals surface area contributed by atoms with Crippen LogP contribution in [0.4, 0.5) is 5.69 Å². The van der Waals surface area contributed by atoms with Crippen molar-refractivity contribution in [3.63, 3.8) is 0 Å². The minimum atomic E-state index is -0.436. The smallest absolute Gasteiger partial charge is 0.269 e. The number of nitrogens with one attached hydrogen (secondary N) is 1. The molecular formula is C25H25N3O5S. The molecule has 8 nitrogen and oxygen atoms in total. The van der Waals surface area contributed by atoms with Crippen LogP contribution >= 0.6 is 11.8 Å². The number of nitro benzene ring substituents is 1. The lowest BCUT2D eigenvalue weighted by atomic mass is 10.2. The van der Waals surface area contributed by atoms with Crippen LogP contribution in [0.15, 0.2) is 77.9 Å². The Morgan fingerprint density at radius 1 is 1.03 bits per heavy atom. The van der Waals surface area contributed by atoms with E-state index in [2.05, 4.69) is 10.5 Å². The molecule has 0 aliphatic rings. The van der Waals surface area contributed by atoms with Crippen molar-refractivity contribution in [2.24, 2.45) is 5.10 Å². The quantitative estimate of drug-likeness (QED) is 0.224. The number of nitrogens with zero attached hydrogens (tertiary/aromatic N) is 2. The van der Waals surface area contributed by atoms with Gasteiger partial charge in [-0.05, 0) is 41.8 Å². The van der Waals surface area contributed by atoms with E-state index < -0.39 is 4.92 Å². The molecule has 1 N–H and O–H groups in total. The number of rotatable bonds is 12. The number of carbonyl (C=O) groups is 1. The van der Waals surface area contributed by atoms with Crippen molar-refractivity contribution in [3.8, 4) is 11.5 Å². The summed E-state index contributed by atoms with van der Waals surface area (Å²) in [5.74, 6) is 1.63. The van der Waals surface area contributed by atoms with E-state index >= 15 is 0 Å². The number of non-ortho nitro benzene ring substituents is 1. The Hall–Kier alpha value is -3.85. The summed E-state index contributed by atoms with van der Waals surface area (Å²) in [7, 11) is 0. The van der Waals surface area contributed by atoms with Crippen LogP contribution in [0.5, 0.6) is 11.5 Å². The lowest BCUT2D eigenvalue weighted by Crippen LogP contribution is -2.19. The van der Waals surface area contributed by atoms with Gasteiger partial charge in [0.15, 0.2) is 11.5 Å². The summed E-state index contributed by atoms with van der Waals surface area (Å²) in [6.45, 7) is 2.81. The lowest BCUT2D eigenvalue weighted by molar-refractivity contribution is -0.384. The summed E-state index contributed by atoms with van der Waals surface area (Å²) in [5, 5.41) is 14.8. The average molecular weight is 480 g/mol. The van der Waals surface area contributed by atoms with Crippen LogP contribution in [0, 0.1) is 10.1 Å². The maximum absolute atomic E-state index is 12.0. The number of amides is 1. The van der Waals surface area contributed by atoms with E-state index in [0.717, 1.165) is 16.7 Å². The standard InChI is InChI=1S/C25H25N3O5S/c1-2-32-24-14-20(11-12-23(24)33-16-19-7-4-3-5-8-19)15-26-27-25(29)18-34-17-21-9-6-10-22(13-21)28(30)31/h3-15H,2,16-18H2,1H3,(H,27,29)/b26-15-. The van der Waals surface area contributed by atoms with Gasteiger partial charge in [0.2, 0.25) is 5.91 Å². The highest BCUT2D eigenvalue weighted by molar-refractivity contribution is 7.99. The summed E-state index contributed by atoms with van der Waals surface area (Å²) in [6.07, 6.45) is 1.53. The van der Waals surface area contributed by atoms with E-state index in [-0.39, 0.29) is 17.3 Å². The summed E-state index contributed by atoms with van der Waals surface area (Å²) in [6, 6.07) is 21.7. The molecule has 0 unspecified atom stereocenters. The molecule has 0 bridgehead atoms. The first-order valence-corrected chi connectivity index (χ1v) is 11.8. The molecule has 1 amide bonds. The SMILES string of the molecule is CCOc1cc(/C=N\NC(=O)CSCc2cccc([N+](=O)[O-])c2)ccc1OCc1ccccc1. The van der Waals surface area contributed by atoms with Gasteiger partial charge in [0.05, 0.1) is 23.5 Å². The van der Waals surface area contributed by atoms with E-state index in [1.54, 1.807) is 18.2 Å². The zero-order valence-electron chi connectivity index (χ0n) is 18.7. The van der Waals surface area contributed by atoms with Crippen LogP contribution in [-0.4, -0.2) is 29.4 Å². The number of nitro groups is 1. The second-order valence-corrected chi connectivity index (χ2v) is 8.11. The van der Waals surface area contributed by atoms with Crippen LogP contribution in [0.3, 0.4) is 0 Å². The summed E-state index contributed by atoms with van der Waals surface area (Å²) >= 11 is 1.35. The molecular weight excluding hydrogens is 454 g/mol. The van der Waals surface area contributed by atoms with Gasteiger partial charge >= 0.3 is 0 Å². The van der Waals surface area contributed by atoms with E-state index in [1.165, 1.54) is 30.1 Å². The third-order valence-electron chi connectivity index (χ3n) is 4.53. The fourth-order valence-electron chi connectivity index (χ4n) is 2.96. The van der Waals surface area contributed by atoms with Gasteiger partial charge in [-0.25, -0.2) is 5.43 Å². The number of carbonyl (C=O) groups excluding carboxylic acids is 1. The van der Waals surface area contributed by atoms with E-state index in [4.69, 9.17) is 9.47 Å². The van der Waals surface area contributed by atoms with Gasteiger partial charge in [0.25, 0.3) is 5.69 Å². The fourth-order valence-corrected chi connectivity index (χ4v) is 3.73. The van der Waals surface area contributed by atoms with Gasteiger partial charge in [0, 0.05) is 17.9 Å². The molecule has 0 saturated carbocycles. The number of benzene rings is 3. The molecule has 0 aliphatic carbocycles. The first-order valence-electron chi connectivity index (χ1n) is 10.6. The summed E-state index contributed by atoms with van der Waals surface area (Å²) < 4.78 is 11.6. The Labute approximate surface area is 202 Å². The summed E-state index contributed by atoms with van der Waals surface area (Å²) in [4.78, 5) is 22.4. The molecule has 0 spiro atoms. The molecule has 0 saturated heterocycles. The Kier molecular flexibility index (Phi) is 9.48. The van der Waals surface area contributed by atoms with Crippen LogP contribution < -0.4 is 14.9 Å². The first-order chi connectivity index (χ1) is 16.5. The van der Waals surface area contributed by atoms with Crippen molar-refractivity contribution in [1.82, 2.24) is 5.43 Å². The molecule has 3 aromatic carbocycles. The highest BCUT2D eigenvalue weighted by Gasteiger charge is 2.08. The van der Waals surface area contributed by atoms with E-state index in [0.29, 0.717) is 30.5 Å². The summed E-state index contributed by atoms with van der Waals surface area (Å²) in [5.41, 5.74) is 5.12. The number of hydrazone groups is 1. The van der Waals surface area contributed by atoms with E-state index in [9.17, 15) is 14.9 Å². The van der Waals surface area contributed by atoms with Crippen molar-refractivity contribution in [2.45, 2.75) is 19.3 Å². The molecule has 9 heteroatoms. The predicted molar refractivity (Wildman–Crippen MR) is 133 cm³/mol. The molecule has 0 atom stereocenters. The van der Waals surface area contributed by atoms with Crippen molar-refractivity contribution in [3.05, 3.63) is 99.6 Å². The van der Waals surface area contributed by atoms with Crippen LogP contribution in [-0.2, 0) is 17.2 Å². The van der Waals surface area contributed by atoms with E-state index in [1.807, 2.05) is 49.4 Å². The van der Waals surface area contributed by atoms with Gasteiger partial charge in [0.1, 0.15) is 6.61 Å². The number of hydrogen-bond acceptors (Lipinski definition) is 7. The third kappa shape index (κ3) is 7.93. The second-order valence-electron chi connectivity index (χ2n) is 7.13. The van der Waals surface area contributed by atoms with Gasteiger partial charge in [-0.1, -0.05) is 42.5 Å². The van der Waals surface area contributed by atoms with Crippen molar-refractivity contribution < 1.29 is 19.2 Å². The molecule has 0 radical (unpaired) electrons. The van der Waals surface area contributed by atoms with Gasteiger partial charge in [-0.2, -0.15) is 5.10 Å². The van der Waals surface area contributed by atoms with Crippen molar-refractivity contribution in [2.75, 3.05) is 12.4 Å². The Balaban J connectivity index is 1.49. The monoisotopic (exact) mass is 479 g/mol. The first kappa shape index (κ1) is 24.8. The third-order valence-corrected chi connectivity index (χ3v) is 5.53. The Morgan fingerprint density at radius 2 is 1.82 bits per heavy atom. The highest BCUT2D eigenvalue weighted by Crippen LogP contribution is 2.29. The molecule has 3 aromatic rings. The van der Waals surface area contributed by atoms with Gasteiger partial charge in [-0.3, -0.25) is 14.9 Å². The molecule has 0 aromatic heterocycles. The molecule has 3 rings (SSSR count). The zero-order chi connectivity index (χ0) is 24.2. The van der Waals surface area contributed by atoms with Crippen LogP contribution in [0.2, 0.25) is 0 Å². The van der Waals surface area contributed by atoms with Crippen molar-refractivity contribution in [1.29, 1.82) is 0 Å². The molecule has 176 valence electrons. The Bertz CT molecular complexity index is 1140. The predicted octanol–water partition coefficient (Wildman–Crippen LogP) is 4.96. The lowest BCUT2D eigenvalue weighted by Gasteiger charge is -2.12. The maximum Gasteiger partial charge on any atom is 0.269 e. The van der Waals surface area contributed by atoms with Crippen molar-refractivity contribution >= 4 is 29.6 Å². The normalized spacial score (nSPS) is 10.7. The second kappa shape index (κ2) is 13.0.